The van der Waals surface area contributed by atoms with Gasteiger partial charge in [-0.25, -0.2) is 4.79 Å². The average molecular weight is 387 g/mol. The Bertz CT molecular complexity index is 697. The summed E-state index contributed by atoms with van der Waals surface area (Å²) in [7, 11) is -0.302. The lowest BCUT2D eigenvalue weighted by Gasteiger charge is -2.32. The van der Waals surface area contributed by atoms with Crippen molar-refractivity contribution in [2.75, 3.05) is 13.1 Å². The fourth-order valence-corrected chi connectivity index (χ4v) is 4.03. The molecule has 154 valence electrons. The Balaban J connectivity index is 1.83. The molecule has 0 aromatic heterocycles. The number of rotatable bonds is 3. The second-order valence-electron chi connectivity index (χ2n) is 10.2. The second kappa shape index (κ2) is 7.07. The quantitative estimate of drug-likeness (QED) is 0.708. The van der Waals surface area contributed by atoms with Crippen molar-refractivity contribution < 1.29 is 18.8 Å². The van der Waals surface area contributed by atoms with Crippen LogP contribution < -0.4 is 0 Å². The highest BCUT2D eigenvalue weighted by molar-refractivity contribution is 6.46. The monoisotopic (exact) mass is 387 g/mol. The molecule has 0 bridgehead atoms. The molecule has 0 saturated carbocycles. The van der Waals surface area contributed by atoms with Crippen LogP contribution in [0.15, 0.2) is 30.3 Å². The molecule has 3 rings (SSSR count). The highest BCUT2D eigenvalue weighted by Crippen LogP contribution is 2.45. The molecule has 0 spiro atoms. The number of hydrogen-bond donors (Lipinski definition) is 0. The molecule has 0 N–H and O–H groups in total. The molecule has 1 amide bonds. The van der Waals surface area contributed by atoms with Crippen LogP contribution in [0.25, 0.3) is 0 Å². The number of carbonyl (C=O) groups excluding carboxylic acids is 1. The van der Waals surface area contributed by atoms with E-state index in [0.717, 1.165) is 6.42 Å². The zero-order valence-corrected chi connectivity index (χ0v) is 18.4. The molecule has 2 heterocycles. The summed E-state index contributed by atoms with van der Waals surface area (Å²) in [6.45, 7) is 15.3. The van der Waals surface area contributed by atoms with Gasteiger partial charge in [0, 0.05) is 18.5 Å². The molecule has 2 saturated heterocycles. The first kappa shape index (κ1) is 21.2. The third-order valence-electron chi connectivity index (χ3n) is 6.25. The van der Waals surface area contributed by atoms with Crippen LogP contribution in [0.1, 0.15) is 60.5 Å². The van der Waals surface area contributed by atoms with E-state index in [2.05, 4.69) is 52.0 Å². The predicted octanol–water partition coefficient (Wildman–Crippen LogP) is 4.66. The summed E-state index contributed by atoms with van der Waals surface area (Å²) in [5, 5.41) is 0. The molecule has 1 aromatic carbocycles. The summed E-state index contributed by atoms with van der Waals surface area (Å²) in [4.78, 5) is 14.5. The van der Waals surface area contributed by atoms with E-state index in [-0.39, 0.29) is 29.8 Å². The normalized spacial score (nSPS) is 26.5. The van der Waals surface area contributed by atoms with Crippen molar-refractivity contribution in [3.8, 4) is 0 Å². The largest absolute Gasteiger partial charge is 0.458 e. The molecule has 1 atom stereocenters. The Labute approximate surface area is 169 Å². The smallest absolute Gasteiger partial charge is 0.444 e. The number of nitrogens with zero attached hydrogens (tertiary/aromatic N) is 1. The van der Waals surface area contributed by atoms with E-state index in [0.29, 0.717) is 19.4 Å². The van der Waals surface area contributed by atoms with Crippen LogP contribution in [-0.4, -0.2) is 48.0 Å². The highest BCUT2D eigenvalue weighted by atomic mass is 16.7. The third kappa shape index (κ3) is 4.23. The minimum atomic E-state index is -0.499. The molecular formula is C22H34BNO4. The molecule has 1 aromatic rings. The summed E-state index contributed by atoms with van der Waals surface area (Å²) in [5.41, 5.74) is -0.214. The maximum absolute atomic E-state index is 12.7. The Morgan fingerprint density at radius 2 is 1.68 bits per heavy atom. The number of carbonyl (C=O) groups is 1. The van der Waals surface area contributed by atoms with Gasteiger partial charge in [-0.05, 0) is 66.8 Å². The van der Waals surface area contributed by atoms with Crippen molar-refractivity contribution in [3.05, 3.63) is 35.9 Å². The number of amides is 1. The molecule has 2 fully saturated rings. The molecule has 2 aliphatic heterocycles. The summed E-state index contributed by atoms with van der Waals surface area (Å²) in [5.74, 6) is 0. The maximum Gasteiger partial charge on any atom is 0.458 e. The fraction of sp³-hybridized carbons (Fsp3) is 0.682. The Morgan fingerprint density at radius 3 is 2.21 bits per heavy atom. The fourth-order valence-electron chi connectivity index (χ4n) is 4.03. The van der Waals surface area contributed by atoms with Gasteiger partial charge in [-0.15, -0.1) is 0 Å². The van der Waals surface area contributed by atoms with Crippen molar-refractivity contribution in [1.29, 1.82) is 0 Å². The van der Waals surface area contributed by atoms with Crippen LogP contribution >= 0.6 is 0 Å². The summed E-state index contributed by atoms with van der Waals surface area (Å²) in [6.07, 6.45) is 1.32. The Hall–Kier alpha value is -1.53. The molecule has 0 aliphatic carbocycles. The first-order valence-electron chi connectivity index (χ1n) is 10.2. The zero-order valence-electron chi connectivity index (χ0n) is 18.4. The van der Waals surface area contributed by atoms with Gasteiger partial charge in [0.15, 0.2) is 0 Å². The van der Waals surface area contributed by atoms with Crippen LogP contribution in [0.3, 0.4) is 0 Å². The molecule has 5 nitrogen and oxygen atoms in total. The number of ether oxygens (including phenoxy) is 1. The lowest BCUT2D eigenvalue weighted by atomic mass is 9.64. The Kier molecular flexibility index (Phi) is 5.35. The third-order valence-corrected chi connectivity index (χ3v) is 6.25. The van der Waals surface area contributed by atoms with Crippen LogP contribution in [0.5, 0.6) is 0 Å². The molecule has 0 radical (unpaired) electrons. The van der Waals surface area contributed by atoms with Crippen molar-refractivity contribution in [2.24, 2.45) is 0 Å². The summed E-state index contributed by atoms with van der Waals surface area (Å²) in [6, 6.07) is 10.4. The average Bonchev–Trinajstić information content (AvgIpc) is 3.06. The van der Waals surface area contributed by atoms with E-state index < -0.39 is 5.60 Å². The molecule has 2 aliphatic rings. The summed E-state index contributed by atoms with van der Waals surface area (Å²) >= 11 is 0. The van der Waals surface area contributed by atoms with Gasteiger partial charge in [-0.3, -0.25) is 0 Å². The molecular weight excluding hydrogens is 353 g/mol. The van der Waals surface area contributed by atoms with E-state index in [1.807, 2.05) is 31.7 Å². The van der Waals surface area contributed by atoms with Gasteiger partial charge < -0.3 is 18.9 Å². The van der Waals surface area contributed by atoms with Crippen LogP contribution in [-0.2, 0) is 19.5 Å². The summed E-state index contributed by atoms with van der Waals surface area (Å²) < 4.78 is 18.2. The van der Waals surface area contributed by atoms with Crippen LogP contribution in [0, 0.1) is 0 Å². The van der Waals surface area contributed by atoms with E-state index in [1.54, 1.807) is 0 Å². The lowest BCUT2D eigenvalue weighted by Crippen LogP contribution is -2.41. The van der Waals surface area contributed by atoms with Crippen molar-refractivity contribution in [2.45, 2.75) is 83.4 Å². The van der Waals surface area contributed by atoms with E-state index in [9.17, 15) is 4.79 Å². The standard InChI is InChI=1S/C22H34BNO4/c1-19(2,3)26-18(25)24-14-13-22(16-24,17-11-9-8-10-12-17)15-23-27-20(4,5)21(6,7)28-23/h8-12H,13-16H2,1-7H3. The van der Waals surface area contributed by atoms with Crippen molar-refractivity contribution in [3.63, 3.8) is 0 Å². The molecule has 1 unspecified atom stereocenters. The minimum absolute atomic E-state index is 0.209. The van der Waals surface area contributed by atoms with Crippen molar-refractivity contribution >= 4 is 13.2 Å². The predicted molar refractivity (Wildman–Crippen MR) is 111 cm³/mol. The number of hydrogen-bond acceptors (Lipinski definition) is 4. The zero-order chi connectivity index (χ0) is 20.8. The van der Waals surface area contributed by atoms with Crippen molar-refractivity contribution in [1.82, 2.24) is 4.90 Å². The van der Waals surface area contributed by atoms with Gasteiger partial charge in [0.25, 0.3) is 0 Å². The van der Waals surface area contributed by atoms with E-state index in [4.69, 9.17) is 14.0 Å². The van der Waals surface area contributed by atoms with Gasteiger partial charge in [0.2, 0.25) is 0 Å². The molecule has 6 heteroatoms. The van der Waals surface area contributed by atoms with Crippen LogP contribution in [0.4, 0.5) is 4.79 Å². The van der Waals surface area contributed by atoms with Gasteiger partial charge >= 0.3 is 13.2 Å². The van der Waals surface area contributed by atoms with Gasteiger partial charge in [0.05, 0.1) is 11.2 Å². The molecule has 28 heavy (non-hydrogen) atoms. The first-order valence-corrected chi connectivity index (χ1v) is 10.2. The first-order chi connectivity index (χ1) is 12.8. The van der Waals surface area contributed by atoms with E-state index >= 15 is 0 Å². The van der Waals surface area contributed by atoms with Crippen LogP contribution in [0.2, 0.25) is 6.32 Å². The SMILES string of the molecule is CC(C)(C)OC(=O)N1CCC(CB2OC(C)(C)C(C)(C)O2)(c2ccccc2)C1. The minimum Gasteiger partial charge on any atom is -0.444 e. The Morgan fingerprint density at radius 1 is 1.11 bits per heavy atom. The number of likely N-dealkylation sites (tertiary alicyclic amines) is 1. The van der Waals surface area contributed by atoms with Gasteiger partial charge in [0.1, 0.15) is 5.60 Å². The second-order valence-corrected chi connectivity index (χ2v) is 10.2. The van der Waals surface area contributed by atoms with Gasteiger partial charge in [-0.2, -0.15) is 0 Å². The lowest BCUT2D eigenvalue weighted by molar-refractivity contribution is 0.00578. The van der Waals surface area contributed by atoms with E-state index in [1.165, 1.54) is 5.56 Å². The topological polar surface area (TPSA) is 48.0 Å². The highest BCUT2D eigenvalue weighted by Gasteiger charge is 2.55. The van der Waals surface area contributed by atoms with Gasteiger partial charge in [-0.1, -0.05) is 30.3 Å². The number of benzene rings is 1. The maximum atomic E-state index is 12.7.